The third-order valence-corrected chi connectivity index (χ3v) is 4.18. The lowest BCUT2D eigenvalue weighted by Crippen LogP contribution is -2.30. The number of aryl methyl sites for hydroxylation is 2. The van der Waals surface area contributed by atoms with E-state index in [1.54, 1.807) is 31.4 Å². The van der Waals surface area contributed by atoms with Gasteiger partial charge in [0.15, 0.2) is 11.6 Å². The van der Waals surface area contributed by atoms with Crippen molar-refractivity contribution in [3.8, 4) is 5.75 Å². The number of nitrogens with one attached hydrogen (secondary N) is 3. The molecule has 0 radical (unpaired) electrons. The van der Waals surface area contributed by atoms with Crippen LogP contribution in [0, 0.1) is 13.8 Å². The molecule has 0 saturated carbocycles. The first-order chi connectivity index (χ1) is 13.5. The van der Waals surface area contributed by atoms with Crippen molar-refractivity contribution >= 4 is 28.9 Å². The van der Waals surface area contributed by atoms with Crippen molar-refractivity contribution < 1.29 is 9.53 Å². The van der Waals surface area contributed by atoms with E-state index in [-0.39, 0.29) is 5.91 Å². The molecule has 0 atom stereocenters. The first kappa shape index (κ1) is 19.0. The highest BCUT2D eigenvalue weighted by atomic mass is 16.5. The maximum absolute atomic E-state index is 12.3. The van der Waals surface area contributed by atoms with E-state index >= 15 is 0 Å². The van der Waals surface area contributed by atoms with Crippen LogP contribution in [0.15, 0.2) is 48.8 Å². The van der Waals surface area contributed by atoms with Gasteiger partial charge in [-0.2, -0.15) is 0 Å². The average molecular weight is 378 g/mol. The number of hydrogen-bond acceptors (Lipinski definition) is 7. The normalized spacial score (nSPS) is 10.2. The number of nitrogen functional groups attached to an aromatic ring is 1. The Hall–Kier alpha value is -3.81. The van der Waals surface area contributed by atoms with Gasteiger partial charge >= 0.3 is 0 Å². The summed E-state index contributed by atoms with van der Waals surface area (Å²) in [4.78, 5) is 20.6. The summed E-state index contributed by atoms with van der Waals surface area (Å²) in [7, 11) is 1.57. The van der Waals surface area contributed by atoms with E-state index in [1.165, 1.54) is 6.33 Å². The lowest BCUT2D eigenvalue weighted by Gasteiger charge is -2.14. The Kier molecular flexibility index (Phi) is 5.59. The topological polar surface area (TPSA) is 114 Å². The van der Waals surface area contributed by atoms with Crippen LogP contribution in [0.2, 0.25) is 0 Å². The Morgan fingerprint density at radius 1 is 1.04 bits per heavy atom. The van der Waals surface area contributed by atoms with Gasteiger partial charge in [-0.05, 0) is 55.3 Å². The largest absolute Gasteiger partial charge is 0.497 e. The second-order valence-electron chi connectivity index (χ2n) is 6.24. The first-order valence-electron chi connectivity index (χ1n) is 8.63. The molecular weight excluding hydrogens is 356 g/mol. The third-order valence-electron chi connectivity index (χ3n) is 4.18. The molecule has 8 heteroatoms. The zero-order valence-electron chi connectivity index (χ0n) is 15.9. The van der Waals surface area contributed by atoms with Gasteiger partial charge in [0.25, 0.3) is 5.91 Å². The zero-order chi connectivity index (χ0) is 20.1. The fraction of sp³-hybridized carbons (Fsp3) is 0.150. The van der Waals surface area contributed by atoms with Crippen LogP contribution in [0.3, 0.4) is 0 Å². The Morgan fingerprint density at radius 3 is 2.46 bits per heavy atom. The van der Waals surface area contributed by atoms with E-state index in [2.05, 4.69) is 26.1 Å². The maximum Gasteiger partial charge on any atom is 0.269 e. The van der Waals surface area contributed by atoms with Crippen LogP contribution >= 0.6 is 0 Å². The number of carbonyl (C=O) groups is 1. The smallest absolute Gasteiger partial charge is 0.269 e. The quantitative estimate of drug-likeness (QED) is 0.487. The molecule has 1 amide bonds. The number of aromatic nitrogens is 2. The number of benzene rings is 2. The minimum atomic E-state index is -0.329. The van der Waals surface area contributed by atoms with Crippen LogP contribution in [0.1, 0.15) is 21.5 Å². The highest BCUT2D eigenvalue weighted by Gasteiger charge is 2.11. The van der Waals surface area contributed by atoms with E-state index in [0.717, 1.165) is 16.8 Å². The molecule has 28 heavy (non-hydrogen) atoms. The molecule has 0 spiro atoms. The van der Waals surface area contributed by atoms with Crippen molar-refractivity contribution in [1.29, 1.82) is 0 Å². The Balaban J connectivity index is 1.72. The summed E-state index contributed by atoms with van der Waals surface area (Å²) in [5, 5.41) is 3.21. The number of hydrazine groups is 1. The van der Waals surface area contributed by atoms with Crippen molar-refractivity contribution in [1.82, 2.24) is 15.4 Å². The Bertz CT molecular complexity index is 988. The molecule has 0 aliphatic rings. The summed E-state index contributed by atoms with van der Waals surface area (Å²) >= 11 is 0. The fourth-order valence-corrected chi connectivity index (χ4v) is 2.52. The van der Waals surface area contributed by atoms with E-state index in [1.807, 2.05) is 32.0 Å². The lowest BCUT2D eigenvalue weighted by atomic mass is 10.1. The highest BCUT2D eigenvalue weighted by Crippen LogP contribution is 2.27. The second-order valence-corrected chi connectivity index (χ2v) is 6.24. The molecule has 1 aromatic heterocycles. The number of amides is 1. The van der Waals surface area contributed by atoms with Crippen LogP contribution in [0.5, 0.6) is 5.75 Å². The van der Waals surface area contributed by atoms with Crippen molar-refractivity contribution in [2.45, 2.75) is 13.8 Å². The van der Waals surface area contributed by atoms with Gasteiger partial charge in [0.1, 0.15) is 17.8 Å². The van der Waals surface area contributed by atoms with Crippen molar-refractivity contribution in [3.63, 3.8) is 0 Å². The predicted octanol–water partition coefficient (Wildman–Crippen LogP) is 3.18. The van der Waals surface area contributed by atoms with Gasteiger partial charge in [0, 0.05) is 11.3 Å². The number of anilines is 4. The summed E-state index contributed by atoms with van der Waals surface area (Å²) in [5.41, 5.74) is 15.3. The lowest BCUT2D eigenvalue weighted by molar-refractivity contribution is 0.0962. The Morgan fingerprint density at radius 2 is 1.75 bits per heavy atom. The summed E-state index contributed by atoms with van der Waals surface area (Å²) < 4.78 is 5.08. The standard InChI is InChI=1S/C20H22N6O2/c1-12-4-5-13(2)16(10-12)24-18-17(21)19(23-11-22-18)25-26-20(27)14-6-8-15(28-3)9-7-14/h4-11H,21H2,1-3H3,(H,26,27)(H2,22,23,24,25). The predicted molar refractivity (Wildman–Crippen MR) is 110 cm³/mol. The number of nitrogens with zero attached hydrogens (tertiary/aromatic N) is 2. The second kappa shape index (κ2) is 8.26. The number of hydrogen-bond donors (Lipinski definition) is 4. The molecule has 3 rings (SSSR count). The molecule has 5 N–H and O–H groups in total. The van der Waals surface area contributed by atoms with Gasteiger partial charge in [-0.1, -0.05) is 12.1 Å². The Labute approximate surface area is 163 Å². The maximum atomic E-state index is 12.3. The first-order valence-corrected chi connectivity index (χ1v) is 8.63. The van der Waals surface area contributed by atoms with Gasteiger partial charge in [0.05, 0.1) is 7.11 Å². The number of rotatable bonds is 6. The van der Waals surface area contributed by atoms with Crippen molar-refractivity contribution in [3.05, 3.63) is 65.5 Å². The minimum absolute atomic E-state index is 0.290. The highest BCUT2D eigenvalue weighted by molar-refractivity contribution is 5.95. The van der Waals surface area contributed by atoms with Crippen LogP contribution in [0.25, 0.3) is 0 Å². The van der Waals surface area contributed by atoms with Crippen LogP contribution in [-0.2, 0) is 0 Å². The van der Waals surface area contributed by atoms with Crippen LogP contribution in [-0.4, -0.2) is 23.0 Å². The number of carbonyl (C=O) groups excluding carboxylic acids is 1. The van der Waals surface area contributed by atoms with E-state index in [0.29, 0.717) is 28.6 Å². The molecule has 1 heterocycles. The van der Waals surface area contributed by atoms with Crippen molar-refractivity contribution in [2.75, 3.05) is 23.6 Å². The van der Waals surface area contributed by atoms with E-state index in [4.69, 9.17) is 10.5 Å². The van der Waals surface area contributed by atoms with Gasteiger partial charge in [-0.3, -0.25) is 15.6 Å². The molecule has 0 aliphatic carbocycles. The molecule has 0 unspecified atom stereocenters. The number of nitrogens with two attached hydrogens (primary N) is 1. The zero-order valence-corrected chi connectivity index (χ0v) is 15.9. The molecular formula is C20H22N6O2. The van der Waals surface area contributed by atoms with E-state index < -0.39 is 0 Å². The fourth-order valence-electron chi connectivity index (χ4n) is 2.52. The molecule has 8 nitrogen and oxygen atoms in total. The minimum Gasteiger partial charge on any atom is -0.497 e. The van der Waals surface area contributed by atoms with Crippen molar-refractivity contribution in [2.24, 2.45) is 0 Å². The molecule has 0 saturated heterocycles. The number of ether oxygens (including phenoxy) is 1. The molecule has 144 valence electrons. The van der Waals surface area contributed by atoms with Gasteiger partial charge < -0.3 is 15.8 Å². The van der Waals surface area contributed by atoms with Crippen LogP contribution < -0.4 is 26.6 Å². The van der Waals surface area contributed by atoms with Gasteiger partial charge in [0.2, 0.25) is 0 Å². The van der Waals surface area contributed by atoms with E-state index in [9.17, 15) is 4.79 Å². The summed E-state index contributed by atoms with van der Waals surface area (Å²) in [6.45, 7) is 4.00. The van der Waals surface area contributed by atoms with Crippen LogP contribution in [0.4, 0.5) is 23.0 Å². The van der Waals surface area contributed by atoms with Gasteiger partial charge in [-0.15, -0.1) is 0 Å². The monoisotopic (exact) mass is 378 g/mol. The molecule has 0 bridgehead atoms. The molecule has 2 aromatic carbocycles. The molecule has 3 aromatic rings. The number of methoxy groups -OCH3 is 1. The summed E-state index contributed by atoms with van der Waals surface area (Å²) in [5.74, 6) is 1.09. The molecule has 0 aliphatic heterocycles. The molecule has 0 fully saturated rings. The SMILES string of the molecule is COc1ccc(C(=O)NNc2ncnc(Nc3cc(C)ccc3C)c2N)cc1. The summed E-state index contributed by atoms with van der Waals surface area (Å²) in [6.07, 6.45) is 1.37. The summed E-state index contributed by atoms with van der Waals surface area (Å²) in [6, 6.07) is 12.8. The average Bonchev–Trinajstić information content (AvgIpc) is 2.71. The third kappa shape index (κ3) is 4.29. The van der Waals surface area contributed by atoms with Gasteiger partial charge in [-0.25, -0.2) is 9.97 Å².